The van der Waals surface area contributed by atoms with Crippen LogP contribution in [0.25, 0.3) is 0 Å². The highest BCUT2D eigenvalue weighted by molar-refractivity contribution is 5.63. The molecule has 0 bridgehead atoms. The molecule has 2 heterocycles. The molecule has 0 aliphatic carbocycles. The van der Waals surface area contributed by atoms with Gasteiger partial charge in [0.15, 0.2) is 0 Å². The Morgan fingerprint density at radius 3 is 3.00 bits per heavy atom. The van der Waals surface area contributed by atoms with Crippen LogP contribution < -0.4 is 10.2 Å². The molecule has 1 fully saturated rings. The highest BCUT2D eigenvalue weighted by Crippen LogP contribution is 2.28. The molecule has 0 saturated carbocycles. The average molecular weight is 259 g/mol. The molecular weight excluding hydrogens is 234 g/mol. The van der Waals surface area contributed by atoms with E-state index >= 15 is 0 Å². The Kier molecular flexibility index (Phi) is 3.65. The first kappa shape index (κ1) is 12.8. The topological polar surface area (TPSA) is 18.5 Å². The summed E-state index contributed by atoms with van der Waals surface area (Å²) in [6.07, 6.45) is 2.49. The number of rotatable bonds is 2. The molecule has 1 aromatic carbocycles. The Balaban J connectivity index is 1.76. The van der Waals surface area contributed by atoms with Crippen molar-refractivity contribution in [2.75, 3.05) is 42.9 Å². The lowest BCUT2D eigenvalue weighted by Gasteiger charge is -2.40. The maximum absolute atomic E-state index is 3.54. The maximum Gasteiger partial charge on any atom is 0.0393 e. The first-order valence-electron chi connectivity index (χ1n) is 7.63. The van der Waals surface area contributed by atoms with Gasteiger partial charge in [-0.1, -0.05) is 13.0 Å². The Morgan fingerprint density at radius 1 is 1.32 bits per heavy atom. The summed E-state index contributed by atoms with van der Waals surface area (Å²) < 4.78 is 0. The van der Waals surface area contributed by atoms with E-state index in [9.17, 15) is 0 Å². The first-order valence-corrected chi connectivity index (χ1v) is 7.63. The van der Waals surface area contributed by atoms with Crippen LogP contribution in [0.5, 0.6) is 0 Å². The average Bonchev–Trinajstić information content (AvgIpc) is 2.46. The van der Waals surface area contributed by atoms with E-state index < -0.39 is 0 Å². The molecule has 1 saturated heterocycles. The van der Waals surface area contributed by atoms with E-state index in [2.05, 4.69) is 47.2 Å². The minimum Gasteiger partial charge on any atom is -0.385 e. The molecule has 3 rings (SSSR count). The molecule has 3 nitrogen and oxygen atoms in total. The van der Waals surface area contributed by atoms with Crippen molar-refractivity contribution in [1.29, 1.82) is 0 Å². The lowest BCUT2D eigenvalue weighted by Crippen LogP contribution is -2.51. The van der Waals surface area contributed by atoms with Crippen LogP contribution >= 0.6 is 0 Å². The molecule has 0 spiro atoms. The highest BCUT2D eigenvalue weighted by atomic mass is 15.3. The Labute approximate surface area is 116 Å². The Hall–Kier alpha value is -1.22. The van der Waals surface area contributed by atoms with Crippen molar-refractivity contribution >= 4 is 11.4 Å². The van der Waals surface area contributed by atoms with Gasteiger partial charge in [0.25, 0.3) is 0 Å². The number of hydrogen-bond acceptors (Lipinski definition) is 3. The van der Waals surface area contributed by atoms with Crippen molar-refractivity contribution in [1.82, 2.24) is 4.90 Å². The number of nitrogens with zero attached hydrogens (tertiary/aromatic N) is 2. The monoisotopic (exact) mass is 259 g/mol. The maximum atomic E-state index is 3.54. The predicted molar refractivity (Wildman–Crippen MR) is 82.2 cm³/mol. The van der Waals surface area contributed by atoms with Gasteiger partial charge in [0, 0.05) is 43.6 Å². The van der Waals surface area contributed by atoms with E-state index in [-0.39, 0.29) is 0 Å². The summed E-state index contributed by atoms with van der Waals surface area (Å²) in [6.45, 7) is 10.4. The number of anilines is 2. The zero-order valence-corrected chi connectivity index (χ0v) is 12.2. The Bertz CT molecular complexity index is 444. The van der Waals surface area contributed by atoms with Crippen molar-refractivity contribution in [3.8, 4) is 0 Å². The van der Waals surface area contributed by atoms with E-state index in [0.29, 0.717) is 6.04 Å². The fraction of sp³-hybridized carbons (Fsp3) is 0.625. The zero-order valence-electron chi connectivity index (χ0n) is 12.2. The molecular formula is C16H25N3. The van der Waals surface area contributed by atoms with E-state index in [1.165, 1.54) is 42.9 Å². The quantitative estimate of drug-likeness (QED) is 0.880. The van der Waals surface area contributed by atoms with Crippen molar-refractivity contribution in [3.05, 3.63) is 23.8 Å². The molecule has 0 aromatic heterocycles. The third-order valence-corrected chi connectivity index (χ3v) is 4.57. The molecule has 0 radical (unpaired) electrons. The molecule has 104 valence electrons. The minimum absolute atomic E-state index is 0.655. The SMILES string of the molecule is CCN1CCN(c2ccc3c(c2)NCCC3)CC1C. The van der Waals surface area contributed by atoms with Crippen molar-refractivity contribution < 1.29 is 0 Å². The fourth-order valence-electron chi connectivity index (χ4n) is 3.35. The second-order valence-corrected chi connectivity index (χ2v) is 5.80. The van der Waals surface area contributed by atoms with Crippen LogP contribution in [0.3, 0.4) is 0 Å². The third kappa shape index (κ3) is 2.57. The van der Waals surface area contributed by atoms with Gasteiger partial charge in [0.1, 0.15) is 0 Å². The normalized spacial score (nSPS) is 23.9. The van der Waals surface area contributed by atoms with Gasteiger partial charge in [-0.15, -0.1) is 0 Å². The van der Waals surface area contributed by atoms with Crippen molar-refractivity contribution in [3.63, 3.8) is 0 Å². The van der Waals surface area contributed by atoms with Crippen LogP contribution in [0.15, 0.2) is 18.2 Å². The second kappa shape index (κ2) is 5.41. The lowest BCUT2D eigenvalue weighted by atomic mass is 10.0. The number of benzene rings is 1. The molecule has 1 aromatic rings. The smallest absolute Gasteiger partial charge is 0.0393 e. The Morgan fingerprint density at radius 2 is 2.21 bits per heavy atom. The summed E-state index contributed by atoms with van der Waals surface area (Å²) in [5, 5.41) is 3.54. The molecule has 3 heteroatoms. The van der Waals surface area contributed by atoms with Crippen LogP contribution in [0.1, 0.15) is 25.8 Å². The summed E-state index contributed by atoms with van der Waals surface area (Å²) in [5.74, 6) is 0. The summed E-state index contributed by atoms with van der Waals surface area (Å²) in [5.41, 5.74) is 4.22. The third-order valence-electron chi connectivity index (χ3n) is 4.57. The summed E-state index contributed by atoms with van der Waals surface area (Å²) in [4.78, 5) is 5.10. The number of likely N-dealkylation sites (N-methyl/N-ethyl adjacent to an activating group) is 1. The van der Waals surface area contributed by atoms with Gasteiger partial charge in [0.2, 0.25) is 0 Å². The summed E-state index contributed by atoms with van der Waals surface area (Å²) in [6, 6.07) is 7.62. The van der Waals surface area contributed by atoms with Gasteiger partial charge in [-0.3, -0.25) is 4.90 Å². The molecule has 1 atom stereocenters. The van der Waals surface area contributed by atoms with E-state index in [1.54, 1.807) is 0 Å². The van der Waals surface area contributed by atoms with E-state index in [1.807, 2.05) is 0 Å². The lowest BCUT2D eigenvalue weighted by molar-refractivity contribution is 0.199. The molecule has 2 aliphatic heterocycles. The first-order chi connectivity index (χ1) is 9.28. The molecule has 1 unspecified atom stereocenters. The van der Waals surface area contributed by atoms with Crippen molar-refractivity contribution in [2.24, 2.45) is 0 Å². The van der Waals surface area contributed by atoms with Crippen LogP contribution in [-0.2, 0) is 6.42 Å². The number of nitrogens with one attached hydrogen (secondary N) is 1. The largest absolute Gasteiger partial charge is 0.385 e. The van der Waals surface area contributed by atoms with Gasteiger partial charge in [-0.2, -0.15) is 0 Å². The minimum atomic E-state index is 0.655. The fourth-order valence-corrected chi connectivity index (χ4v) is 3.35. The summed E-state index contributed by atoms with van der Waals surface area (Å²) >= 11 is 0. The standard InChI is InChI=1S/C16H25N3/c1-3-18-9-10-19(12-13(18)2)15-7-6-14-5-4-8-17-16(14)11-15/h6-7,11,13,17H,3-5,8-10,12H2,1-2H3. The number of aryl methyl sites for hydroxylation is 1. The van der Waals surface area contributed by atoms with Crippen molar-refractivity contribution in [2.45, 2.75) is 32.7 Å². The van der Waals surface area contributed by atoms with E-state index in [4.69, 9.17) is 0 Å². The predicted octanol–water partition coefficient (Wildman–Crippen LogP) is 2.58. The van der Waals surface area contributed by atoms with Gasteiger partial charge in [-0.05, 0) is 44.0 Å². The van der Waals surface area contributed by atoms with Gasteiger partial charge in [-0.25, -0.2) is 0 Å². The molecule has 2 aliphatic rings. The van der Waals surface area contributed by atoms with Crippen LogP contribution in [0, 0.1) is 0 Å². The van der Waals surface area contributed by atoms with Gasteiger partial charge >= 0.3 is 0 Å². The van der Waals surface area contributed by atoms with Crippen LogP contribution in [0.2, 0.25) is 0 Å². The number of piperazine rings is 1. The van der Waals surface area contributed by atoms with Crippen LogP contribution in [-0.4, -0.2) is 43.7 Å². The summed E-state index contributed by atoms with van der Waals surface area (Å²) in [7, 11) is 0. The van der Waals surface area contributed by atoms with Gasteiger partial charge in [0.05, 0.1) is 0 Å². The van der Waals surface area contributed by atoms with E-state index in [0.717, 1.165) is 19.6 Å². The molecule has 19 heavy (non-hydrogen) atoms. The number of hydrogen-bond donors (Lipinski definition) is 1. The zero-order chi connectivity index (χ0) is 13.2. The van der Waals surface area contributed by atoms with Crippen LogP contribution in [0.4, 0.5) is 11.4 Å². The molecule has 0 amide bonds. The second-order valence-electron chi connectivity index (χ2n) is 5.80. The molecule has 1 N–H and O–H groups in total. The number of fused-ring (bicyclic) bond motifs is 1. The van der Waals surface area contributed by atoms with Gasteiger partial charge < -0.3 is 10.2 Å². The highest BCUT2D eigenvalue weighted by Gasteiger charge is 2.23.